The summed E-state index contributed by atoms with van der Waals surface area (Å²) in [6.07, 6.45) is 5.64. The first-order valence-electron chi connectivity index (χ1n) is 5.69. The maximum atomic E-state index is 4.31. The maximum Gasteiger partial charge on any atom is 0.0543 e. The van der Waals surface area contributed by atoms with E-state index in [1.165, 1.54) is 5.57 Å². The highest BCUT2D eigenvalue weighted by Gasteiger charge is 2.04. The molecule has 0 unspecified atom stereocenters. The lowest BCUT2D eigenvalue weighted by Gasteiger charge is -2.18. The fourth-order valence-corrected chi connectivity index (χ4v) is 1.59. The molecule has 0 spiro atoms. The van der Waals surface area contributed by atoms with Crippen molar-refractivity contribution in [3.8, 4) is 0 Å². The Labute approximate surface area is 104 Å². The number of hydrogen-bond donors (Lipinski definition) is 0. The molecule has 0 atom stereocenters. The van der Waals surface area contributed by atoms with Gasteiger partial charge in [-0.25, -0.2) is 0 Å². The summed E-state index contributed by atoms with van der Waals surface area (Å²) < 4.78 is 0. The number of likely N-dealkylation sites (N-methyl/N-ethyl adjacent to an activating group) is 1. The second-order valence-electron chi connectivity index (χ2n) is 4.20. The lowest BCUT2D eigenvalue weighted by molar-refractivity contribution is 0.352. The summed E-state index contributed by atoms with van der Waals surface area (Å²) in [5, 5.41) is 0. The highest BCUT2D eigenvalue weighted by molar-refractivity contribution is 5.30. The molecular weight excluding hydrogens is 208 g/mol. The van der Waals surface area contributed by atoms with Crippen LogP contribution < -0.4 is 0 Å². The van der Waals surface area contributed by atoms with Crippen LogP contribution in [-0.2, 0) is 6.54 Å². The van der Waals surface area contributed by atoms with E-state index in [9.17, 15) is 0 Å². The Balaban J connectivity index is 2.60. The molecule has 90 valence electrons. The zero-order valence-electron chi connectivity index (χ0n) is 10.7. The van der Waals surface area contributed by atoms with Gasteiger partial charge in [0.1, 0.15) is 0 Å². The standard InChI is InChI=1S/C15H20N2/c1-5-8-14(13(2)3)11-17(4)12-15-9-6-7-10-16-15/h5-10H,1-2,11-12H2,3-4H3. The highest BCUT2D eigenvalue weighted by Crippen LogP contribution is 2.10. The van der Waals surface area contributed by atoms with Crippen LogP contribution in [0.2, 0.25) is 0 Å². The van der Waals surface area contributed by atoms with Crippen molar-refractivity contribution >= 4 is 0 Å². The largest absolute Gasteiger partial charge is 0.296 e. The van der Waals surface area contributed by atoms with Crippen molar-refractivity contribution in [2.75, 3.05) is 13.6 Å². The van der Waals surface area contributed by atoms with Gasteiger partial charge in [0.15, 0.2) is 0 Å². The predicted octanol–water partition coefficient (Wildman–Crippen LogP) is 3.20. The summed E-state index contributed by atoms with van der Waals surface area (Å²) in [6.45, 7) is 11.4. The van der Waals surface area contributed by atoms with Gasteiger partial charge in [-0.1, -0.05) is 36.9 Å². The third kappa shape index (κ3) is 4.79. The average molecular weight is 228 g/mol. The van der Waals surface area contributed by atoms with Crippen LogP contribution in [0.3, 0.4) is 0 Å². The Kier molecular flexibility index (Phi) is 5.37. The smallest absolute Gasteiger partial charge is 0.0543 e. The van der Waals surface area contributed by atoms with Crippen molar-refractivity contribution in [3.63, 3.8) is 0 Å². The van der Waals surface area contributed by atoms with Gasteiger partial charge >= 0.3 is 0 Å². The maximum absolute atomic E-state index is 4.31. The highest BCUT2D eigenvalue weighted by atomic mass is 15.1. The van der Waals surface area contributed by atoms with E-state index >= 15 is 0 Å². The molecule has 0 aliphatic rings. The number of aromatic nitrogens is 1. The Morgan fingerprint density at radius 2 is 2.24 bits per heavy atom. The second-order valence-corrected chi connectivity index (χ2v) is 4.20. The molecule has 0 aliphatic heterocycles. The molecule has 1 aromatic heterocycles. The molecule has 0 N–H and O–H groups in total. The van der Waals surface area contributed by atoms with Gasteiger partial charge in [-0.15, -0.1) is 0 Å². The van der Waals surface area contributed by atoms with Gasteiger partial charge < -0.3 is 0 Å². The predicted molar refractivity (Wildman–Crippen MR) is 73.7 cm³/mol. The van der Waals surface area contributed by atoms with E-state index in [0.717, 1.165) is 24.4 Å². The molecule has 2 nitrogen and oxygen atoms in total. The second kappa shape index (κ2) is 6.81. The topological polar surface area (TPSA) is 16.1 Å². The number of allylic oxidation sites excluding steroid dienone is 2. The fourth-order valence-electron chi connectivity index (χ4n) is 1.59. The van der Waals surface area contributed by atoms with Crippen LogP contribution in [0.4, 0.5) is 0 Å². The molecule has 0 amide bonds. The molecule has 0 aliphatic carbocycles. The summed E-state index contributed by atoms with van der Waals surface area (Å²) in [4.78, 5) is 6.53. The molecule has 0 radical (unpaired) electrons. The minimum atomic E-state index is 0.836. The van der Waals surface area contributed by atoms with Crippen molar-refractivity contribution in [2.45, 2.75) is 13.5 Å². The monoisotopic (exact) mass is 228 g/mol. The van der Waals surface area contributed by atoms with Crippen molar-refractivity contribution in [1.82, 2.24) is 9.88 Å². The molecule has 0 fully saturated rings. The van der Waals surface area contributed by atoms with Crippen LogP contribution in [0.5, 0.6) is 0 Å². The van der Waals surface area contributed by atoms with Gasteiger partial charge in [-0.2, -0.15) is 0 Å². The average Bonchev–Trinajstić information content (AvgIpc) is 2.29. The van der Waals surface area contributed by atoms with E-state index in [4.69, 9.17) is 0 Å². The Morgan fingerprint density at radius 3 is 2.76 bits per heavy atom. The Bertz CT molecular complexity index is 404. The van der Waals surface area contributed by atoms with Gasteiger partial charge in [-0.05, 0) is 31.7 Å². The molecule has 1 heterocycles. The molecule has 2 heteroatoms. The molecule has 0 bridgehead atoms. The van der Waals surface area contributed by atoms with E-state index in [1.807, 2.05) is 37.4 Å². The van der Waals surface area contributed by atoms with Gasteiger partial charge in [0.25, 0.3) is 0 Å². The molecule has 1 aromatic rings. The molecule has 1 rings (SSSR count). The van der Waals surface area contributed by atoms with Gasteiger partial charge in [0, 0.05) is 19.3 Å². The molecule has 17 heavy (non-hydrogen) atoms. The van der Waals surface area contributed by atoms with E-state index in [0.29, 0.717) is 0 Å². The van der Waals surface area contributed by atoms with Crippen LogP contribution in [-0.4, -0.2) is 23.5 Å². The summed E-state index contributed by atoms with van der Waals surface area (Å²) >= 11 is 0. The molecule has 0 saturated carbocycles. The summed E-state index contributed by atoms with van der Waals surface area (Å²) in [5.41, 5.74) is 3.37. The summed E-state index contributed by atoms with van der Waals surface area (Å²) in [6, 6.07) is 5.98. The first kappa shape index (κ1) is 13.4. The summed E-state index contributed by atoms with van der Waals surface area (Å²) in [7, 11) is 2.08. The normalized spacial score (nSPS) is 11.6. The quantitative estimate of drug-likeness (QED) is 0.695. The number of rotatable bonds is 6. The summed E-state index contributed by atoms with van der Waals surface area (Å²) in [5.74, 6) is 0. The molecular formula is C15H20N2. The minimum Gasteiger partial charge on any atom is -0.296 e. The molecule has 0 aromatic carbocycles. The first-order chi connectivity index (χ1) is 8.13. The third-order valence-electron chi connectivity index (χ3n) is 2.47. The van der Waals surface area contributed by atoms with Crippen molar-refractivity contribution < 1.29 is 0 Å². The van der Waals surface area contributed by atoms with Crippen molar-refractivity contribution in [2.24, 2.45) is 0 Å². The fraction of sp³-hybridized carbons (Fsp3) is 0.267. The van der Waals surface area contributed by atoms with Gasteiger partial charge in [-0.3, -0.25) is 9.88 Å². The van der Waals surface area contributed by atoms with E-state index in [1.54, 1.807) is 6.08 Å². The van der Waals surface area contributed by atoms with Gasteiger partial charge in [0.2, 0.25) is 0 Å². The van der Waals surface area contributed by atoms with Gasteiger partial charge in [0.05, 0.1) is 5.69 Å². The van der Waals surface area contributed by atoms with Crippen LogP contribution in [0.1, 0.15) is 12.6 Å². The molecule has 0 saturated heterocycles. The number of hydrogen-bond acceptors (Lipinski definition) is 2. The van der Waals surface area contributed by atoms with Crippen LogP contribution in [0.25, 0.3) is 0 Å². The third-order valence-corrected chi connectivity index (χ3v) is 2.47. The SMILES string of the molecule is C=CC=C(CN(C)Cc1ccccn1)C(=C)C. The van der Waals surface area contributed by atoms with E-state index in [2.05, 4.69) is 30.1 Å². The van der Waals surface area contributed by atoms with Crippen LogP contribution >= 0.6 is 0 Å². The lowest BCUT2D eigenvalue weighted by atomic mass is 10.1. The number of nitrogens with zero attached hydrogens (tertiary/aromatic N) is 2. The van der Waals surface area contributed by atoms with E-state index < -0.39 is 0 Å². The van der Waals surface area contributed by atoms with Crippen LogP contribution in [0.15, 0.2) is 60.9 Å². The van der Waals surface area contributed by atoms with Crippen molar-refractivity contribution in [3.05, 3.63) is 66.5 Å². The Hall–Kier alpha value is -1.67. The lowest BCUT2D eigenvalue weighted by Crippen LogP contribution is -2.21. The first-order valence-corrected chi connectivity index (χ1v) is 5.69. The van der Waals surface area contributed by atoms with Crippen LogP contribution in [0, 0.1) is 0 Å². The minimum absolute atomic E-state index is 0.836. The number of pyridine rings is 1. The van der Waals surface area contributed by atoms with Crippen molar-refractivity contribution in [1.29, 1.82) is 0 Å². The Morgan fingerprint density at radius 1 is 1.47 bits per heavy atom. The van der Waals surface area contributed by atoms with E-state index in [-0.39, 0.29) is 0 Å². The zero-order valence-corrected chi connectivity index (χ0v) is 10.7. The zero-order chi connectivity index (χ0) is 12.7.